The van der Waals surface area contributed by atoms with Crippen LogP contribution in [0.5, 0.6) is 11.5 Å². The molecule has 160 valence electrons. The highest BCUT2D eigenvalue weighted by atomic mass is 79.9. The fourth-order valence-corrected chi connectivity index (χ4v) is 3.77. The van der Waals surface area contributed by atoms with Crippen LogP contribution < -0.4 is 14.8 Å². The smallest absolute Gasteiger partial charge is 0.255 e. The zero-order chi connectivity index (χ0) is 22.1. The van der Waals surface area contributed by atoms with E-state index < -0.39 is 0 Å². The number of ether oxygens (including phenoxy) is 2. The Balaban J connectivity index is 1.32. The number of carbonyl (C=O) groups excluding carboxylic acids is 1. The number of nitrogens with zero attached hydrogens (tertiary/aromatic N) is 2. The minimum Gasteiger partial charge on any atom is -0.486 e. The summed E-state index contributed by atoms with van der Waals surface area (Å²) in [7, 11) is 0. The fourth-order valence-electron chi connectivity index (χ4n) is 3.35. The van der Waals surface area contributed by atoms with E-state index in [2.05, 4.69) is 31.4 Å². The van der Waals surface area contributed by atoms with Gasteiger partial charge in [0.1, 0.15) is 13.2 Å². The molecule has 1 amide bonds. The Labute approximate surface area is 192 Å². The molecule has 0 fully saturated rings. The van der Waals surface area contributed by atoms with Crippen molar-refractivity contribution in [2.45, 2.75) is 6.92 Å². The number of fused-ring (bicyclic) bond motifs is 1. The number of carbonyl (C=O) groups is 1. The van der Waals surface area contributed by atoms with E-state index in [0.29, 0.717) is 52.2 Å². The Morgan fingerprint density at radius 3 is 2.31 bits per heavy atom. The van der Waals surface area contributed by atoms with Crippen molar-refractivity contribution >= 4 is 27.5 Å². The molecule has 0 atom stereocenters. The van der Waals surface area contributed by atoms with Crippen LogP contribution in [0.4, 0.5) is 5.69 Å². The normalized spacial score (nSPS) is 12.4. The molecule has 1 aliphatic rings. The molecule has 1 aromatic heterocycles. The number of rotatable bonds is 4. The lowest BCUT2D eigenvalue weighted by Gasteiger charge is -2.20. The Morgan fingerprint density at radius 2 is 1.59 bits per heavy atom. The number of hydrogen-bond acceptors (Lipinski definition) is 6. The summed E-state index contributed by atoms with van der Waals surface area (Å²) >= 11 is 3.47. The molecule has 2 heterocycles. The van der Waals surface area contributed by atoms with Crippen molar-refractivity contribution in [2.75, 3.05) is 18.5 Å². The van der Waals surface area contributed by atoms with E-state index in [0.717, 1.165) is 16.7 Å². The van der Waals surface area contributed by atoms with Crippen LogP contribution in [-0.4, -0.2) is 29.3 Å². The SMILES string of the molecule is Cc1cccc(-c2nnc(-c3ccc(C(=O)Nc4cc5c(cc4Br)OCCO5)cc3)o2)c1. The highest BCUT2D eigenvalue weighted by Crippen LogP contribution is 2.38. The molecular formula is C24H18BrN3O4. The standard InChI is InChI=1S/C24H18BrN3O4/c1-14-3-2-4-17(11-14)24-28-27-23(32-24)16-7-5-15(6-8-16)22(29)26-19-13-21-20(12-18(19)25)30-9-10-31-21/h2-8,11-13H,9-10H2,1H3,(H,26,29). The lowest BCUT2D eigenvalue weighted by atomic mass is 10.1. The van der Waals surface area contributed by atoms with Crippen LogP contribution in [0, 0.1) is 6.92 Å². The molecule has 0 saturated carbocycles. The number of anilines is 1. The molecule has 4 aromatic rings. The third-order valence-corrected chi connectivity index (χ3v) is 5.62. The van der Waals surface area contributed by atoms with Gasteiger partial charge in [-0.2, -0.15) is 0 Å². The maximum Gasteiger partial charge on any atom is 0.255 e. The highest BCUT2D eigenvalue weighted by molar-refractivity contribution is 9.10. The molecule has 0 saturated heterocycles. The Bertz CT molecular complexity index is 1300. The van der Waals surface area contributed by atoms with Gasteiger partial charge < -0.3 is 19.2 Å². The second-order valence-corrected chi connectivity index (χ2v) is 8.14. The monoisotopic (exact) mass is 491 g/mol. The van der Waals surface area contributed by atoms with E-state index >= 15 is 0 Å². The van der Waals surface area contributed by atoms with Gasteiger partial charge in [-0.3, -0.25) is 4.79 Å². The summed E-state index contributed by atoms with van der Waals surface area (Å²) in [5.41, 5.74) is 3.80. The van der Waals surface area contributed by atoms with E-state index in [9.17, 15) is 4.79 Å². The topological polar surface area (TPSA) is 86.5 Å². The first-order valence-corrected chi connectivity index (χ1v) is 10.8. The second-order valence-electron chi connectivity index (χ2n) is 7.29. The first-order valence-electron chi connectivity index (χ1n) is 9.98. The molecule has 1 aliphatic heterocycles. The summed E-state index contributed by atoms with van der Waals surface area (Å²) in [6.45, 7) is 2.99. The molecule has 0 unspecified atom stereocenters. The number of benzene rings is 3. The molecule has 8 heteroatoms. The molecule has 0 spiro atoms. The first-order chi connectivity index (χ1) is 15.6. The number of nitrogens with one attached hydrogen (secondary N) is 1. The summed E-state index contributed by atoms with van der Waals surface area (Å²) in [4.78, 5) is 12.7. The highest BCUT2D eigenvalue weighted by Gasteiger charge is 2.17. The Morgan fingerprint density at radius 1 is 0.906 bits per heavy atom. The molecule has 0 bridgehead atoms. The average molecular weight is 492 g/mol. The van der Waals surface area contributed by atoms with E-state index in [1.54, 1.807) is 36.4 Å². The predicted octanol–water partition coefficient (Wildman–Crippen LogP) is 5.50. The van der Waals surface area contributed by atoms with Crippen LogP contribution >= 0.6 is 15.9 Å². The number of aryl methyl sites for hydroxylation is 1. The van der Waals surface area contributed by atoms with Crippen molar-refractivity contribution in [1.82, 2.24) is 10.2 Å². The summed E-state index contributed by atoms with van der Waals surface area (Å²) in [6.07, 6.45) is 0. The summed E-state index contributed by atoms with van der Waals surface area (Å²) in [5.74, 6) is 1.85. The maximum absolute atomic E-state index is 12.7. The quantitative estimate of drug-likeness (QED) is 0.405. The summed E-state index contributed by atoms with van der Waals surface area (Å²) in [6, 6.07) is 18.4. The van der Waals surface area contributed by atoms with Gasteiger partial charge in [-0.25, -0.2) is 0 Å². The van der Waals surface area contributed by atoms with E-state index in [-0.39, 0.29) is 5.91 Å². The second kappa shape index (κ2) is 8.47. The minimum absolute atomic E-state index is 0.250. The maximum atomic E-state index is 12.7. The van der Waals surface area contributed by atoms with Gasteiger partial charge in [0, 0.05) is 33.3 Å². The van der Waals surface area contributed by atoms with Crippen LogP contribution in [0.1, 0.15) is 15.9 Å². The largest absolute Gasteiger partial charge is 0.486 e. The zero-order valence-corrected chi connectivity index (χ0v) is 18.7. The molecule has 1 N–H and O–H groups in total. The van der Waals surface area contributed by atoms with Crippen molar-refractivity contribution in [3.63, 3.8) is 0 Å². The van der Waals surface area contributed by atoms with Gasteiger partial charge in [-0.05, 0) is 59.3 Å². The zero-order valence-electron chi connectivity index (χ0n) is 17.1. The summed E-state index contributed by atoms with van der Waals surface area (Å²) in [5, 5.41) is 11.2. The van der Waals surface area contributed by atoms with E-state index in [1.165, 1.54) is 0 Å². The van der Waals surface area contributed by atoms with Crippen molar-refractivity contribution in [3.05, 3.63) is 76.3 Å². The van der Waals surface area contributed by atoms with Crippen LogP contribution in [0.15, 0.2) is 69.6 Å². The van der Waals surface area contributed by atoms with Gasteiger partial charge in [0.05, 0.1) is 5.69 Å². The Kier molecular flexibility index (Phi) is 5.36. The van der Waals surface area contributed by atoms with Gasteiger partial charge >= 0.3 is 0 Å². The summed E-state index contributed by atoms with van der Waals surface area (Å²) < 4.78 is 17.7. The van der Waals surface area contributed by atoms with Gasteiger partial charge in [-0.1, -0.05) is 17.7 Å². The van der Waals surface area contributed by atoms with Gasteiger partial charge in [0.15, 0.2) is 11.5 Å². The number of aromatic nitrogens is 2. The number of hydrogen-bond donors (Lipinski definition) is 1. The minimum atomic E-state index is -0.250. The van der Waals surface area contributed by atoms with Crippen molar-refractivity contribution < 1.29 is 18.7 Å². The van der Waals surface area contributed by atoms with Crippen LogP contribution in [0.25, 0.3) is 22.9 Å². The Hall–Kier alpha value is -3.65. The fraction of sp³-hybridized carbons (Fsp3) is 0.125. The van der Waals surface area contributed by atoms with Crippen LogP contribution in [-0.2, 0) is 0 Å². The predicted molar refractivity (Wildman–Crippen MR) is 123 cm³/mol. The van der Waals surface area contributed by atoms with Crippen molar-refractivity contribution in [1.29, 1.82) is 0 Å². The van der Waals surface area contributed by atoms with Crippen molar-refractivity contribution in [2.24, 2.45) is 0 Å². The van der Waals surface area contributed by atoms with Crippen molar-refractivity contribution in [3.8, 4) is 34.4 Å². The first kappa shape index (κ1) is 20.3. The number of amides is 1. The van der Waals surface area contributed by atoms with E-state index in [1.807, 2.05) is 31.2 Å². The molecule has 32 heavy (non-hydrogen) atoms. The average Bonchev–Trinajstić information content (AvgIpc) is 3.30. The lowest BCUT2D eigenvalue weighted by molar-refractivity contribution is 0.102. The van der Waals surface area contributed by atoms with Gasteiger partial charge in [-0.15, -0.1) is 10.2 Å². The van der Waals surface area contributed by atoms with Gasteiger partial charge in [0.2, 0.25) is 11.8 Å². The molecule has 3 aromatic carbocycles. The van der Waals surface area contributed by atoms with Crippen LogP contribution in [0.2, 0.25) is 0 Å². The lowest BCUT2D eigenvalue weighted by Crippen LogP contribution is -2.17. The molecule has 5 rings (SSSR count). The molecular weight excluding hydrogens is 474 g/mol. The van der Waals surface area contributed by atoms with Gasteiger partial charge in [0.25, 0.3) is 5.91 Å². The van der Waals surface area contributed by atoms with Crippen LogP contribution in [0.3, 0.4) is 0 Å². The third kappa shape index (κ3) is 4.09. The molecule has 7 nitrogen and oxygen atoms in total. The third-order valence-electron chi connectivity index (χ3n) is 4.96. The molecule has 0 aliphatic carbocycles. The molecule has 0 radical (unpaired) electrons. The number of halogens is 1. The van der Waals surface area contributed by atoms with E-state index in [4.69, 9.17) is 13.9 Å².